The predicted molar refractivity (Wildman–Crippen MR) is 84.7 cm³/mol. The number of hydrogen-bond donors (Lipinski definition) is 1. The molecule has 20 heavy (non-hydrogen) atoms. The van der Waals surface area contributed by atoms with Gasteiger partial charge in [0.2, 0.25) is 0 Å². The van der Waals surface area contributed by atoms with Crippen LogP contribution in [0.4, 0.5) is 0 Å². The molecule has 0 saturated carbocycles. The van der Waals surface area contributed by atoms with Crippen LogP contribution in [0.2, 0.25) is 0 Å². The average molecular weight is 265 g/mol. The first-order chi connectivity index (χ1) is 9.75. The molecule has 3 rings (SSSR count). The summed E-state index contributed by atoms with van der Waals surface area (Å²) in [6, 6.07) is 22.8. The third kappa shape index (κ3) is 2.64. The standard InChI is InChI=1S/C19H23N/c1-14-13-18(16-9-5-3-6-10-16)15(2)20-19(14)17-11-7-4-8-12-17/h3-12,14-15,18-20H,13H2,1-2H3. The van der Waals surface area contributed by atoms with Gasteiger partial charge in [0.1, 0.15) is 0 Å². The van der Waals surface area contributed by atoms with Gasteiger partial charge in [-0.3, -0.25) is 0 Å². The summed E-state index contributed by atoms with van der Waals surface area (Å²) in [6.45, 7) is 4.69. The molecule has 0 spiro atoms. The molecule has 1 saturated heterocycles. The predicted octanol–water partition coefficient (Wildman–Crippen LogP) is 4.53. The van der Waals surface area contributed by atoms with Gasteiger partial charge in [-0.05, 0) is 36.3 Å². The Hall–Kier alpha value is -1.60. The van der Waals surface area contributed by atoms with Gasteiger partial charge in [-0.15, -0.1) is 0 Å². The Morgan fingerprint density at radius 3 is 1.95 bits per heavy atom. The maximum atomic E-state index is 3.83. The lowest BCUT2D eigenvalue weighted by Gasteiger charge is -2.40. The lowest BCUT2D eigenvalue weighted by Crippen LogP contribution is -2.44. The number of nitrogens with one attached hydrogen (secondary N) is 1. The molecule has 4 atom stereocenters. The monoisotopic (exact) mass is 265 g/mol. The van der Waals surface area contributed by atoms with Crippen LogP contribution >= 0.6 is 0 Å². The van der Waals surface area contributed by atoms with Gasteiger partial charge in [-0.1, -0.05) is 67.6 Å². The minimum atomic E-state index is 0.478. The second kappa shape index (κ2) is 5.80. The van der Waals surface area contributed by atoms with Crippen LogP contribution < -0.4 is 5.32 Å². The average Bonchev–Trinajstić information content (AvgIpc) is 2.51. The lowest BCUT2D eigenvalue weighted by atomic mass is 9.76. The molecular weight excluding hydrogens is 242 g/mol. The van der Waals surface area contributed by atoms with E-state index in [0.29, 0.717) is 23.9 Å². The molecule has 0 radical (unpaired) electrons. The van der Waals surface area contributed by atoms with Gasteiger partial charge in [0.25, 0.3) is 0 Å². The third-order valence-corrected chi connectivity index (χ3v) is 4.63. The van der Waals surface area contributed by atoms with E-state index in [0.717, 1.165) is 0 Å². The molecule has 0 bridgehead atoms. The van der Waals surface area contributed by atoms with E-state index in [9.17, 15) is 0 Å². The lowest BCUT2D eigenvalue weighted by molar-refractivity contribution is 0.227. The van der Waals surface area contributed by atoms with Crippen molar-refractivity contribution in [2.24, 2.45) is 5.92 Å². The third-order valence-electron chi connectivity index (χ3n) is 4.63. The minimum absolute atomic E-state index is 0.478. The van der Waals surface area contributed by atoms with E-state index in [4.69, 9.17) is 0 Å². The molecule has 1 N–H and O–H groups in total. The van der Waals surface area contributed by atoms with Crippen LogP contribution in [0, 0.1) is 5.92 Å². The number of hydrogen-bond acceptors (Lipinski definition) is 1. The van der Waals surface area contributed by atoms with Gasteiger partial charge in [-0.2, -0.15) is 0 Å². The van der Waals surface area contributed by atoms with Crippen molar-refractivity contribution < 1.29 is 0 Å². The zero-order valence-corrected chi connectivity index (χ0v) is 12.3. The van der Waals surface area contributed by atoms with E-state index in [-0.39, 0.29) is 0 Å². The Morgan fingerprint density at radius 1 is 0.800 bits per heavy atom. The summed E-state index contributed by atoms with van der Waals surface area (Å²) in [6.07, 6.45) is 1.25. The Kier molecular flexibility index (Phi) is 3.88. The fourth-order valence-corrected chi connectivity index (χ4v) is 3.51. The zero-order chi connectivity index (χ0) is 13.9. The topological polar surface area (TPSA) is 12.0 Å². The summed E-state index contributed by atoms with van der Waals surface area (Å²) in [5.41, 5.74) is 2.88. The normalized spacial score (nSPS) is 30.1. The molecule has 1 heteroatoms. The highest BCUT2D eigenvalue weighted by Gasteiger charge is 2.33. The molecule has 0 amide bonds. The second-order valence-corrected chi connectivity index (χ2v) is 6.07. The van der Waals surface area contributed by atoms with E-state index < -0.39 is 0 Å². The summed E-state index contributed by atoms with van der Waals surface area (Å²) in [5.74, 6) is 1.27. The van der Waals surface area contributed by atoms with E-state index >= 15 is 0 Å². The number of piperidine rings is 1. The molecular formula is C19H23N. The molecule has 1 aliphatic heterocycles. The molecule has 2 aromatic carbocycles. The molecule has 0 aliphatic carbocycles. The van der Waals surface area contributed by atoms with Crippen molar-refractivity contribution in [2.45, 2.75) is 38.3 Å². The van der Waals surface area contributed by atoms with Crippen LogP contribution in [-0.4, -0.2) is 6.04 Å². The van der Waals surface area contributed by atoms with Crippen molar-refractivity contribution in [3.05, 3.63) is 71.8 Å². The number of rotatable bonds is 2. The first-order valence-corrected chi connectivity index (χ1v) is 7.61. The highest BCUT2D eigenvalue weighted by molar-refractivity contribution is 5.25. The first kappa shape index (κ1) is 13.4. The van der Waals surface area contributed by atoms with E-state index in [2.05, 4.69) is 79.8 Å². The van der Waals surface area contributed by atoms with Crippen molar-refractivity contribution >= 4 is 0 Å². The SMILES string of the molecule is CC1CC(c2ccccc2)C(C)NC1c1ccccc1. The van der Waals surface area contributed by atoms with Crippen molar-refractivity contribution in [1.82, 2.24) is 5.32 Å². The highest BCUT2D eigenvalue weighted by atomic mass is 15.0. The van der Waals surface area contributed by atoms with Gasteiger partial charge in [0.05, 0.1) is 0 Å². The van der Waals surface area contributed by atoms with Crippen molar-refractivity contribution in [2.75, 3.05) is 0 Å². The summed E-state index contributed by atoms with van der Waals surface area (Å²) in [4.78, 5) is 0. The maximum Gasteiger partial charge on any atom is 0.0348 e. The van der Waals surface area contributed by atoms with Crippen molar-refractivity contribution in [3.63, 3.8) is 0 Å². The molecule has 4 unspecified atom stereocenters. The van der Waals surface area contributed by atoms with Crippen LogP contribution in [-0.2, 0) is 0 Å². The van der Waals surface area contributed by atoms with Crippen molar-refractivity contribution in [3.8, 4) is 0 Å². The Balaban J connectivity index is 1.80. The summed E-state index contributed by atoms with van der Waals surface area (Å²) in [7, 11) is 0. The molecule has 1 fully saturated rings. The summed E-state index contributed by atoms with van der Waals surface area (Å²) in [5, 5.41) is 3.83. The molecule has 0 aromatic heterocycles. The molecule has 2 aromatic rings. The van der Waals surface area contributed by atoms with E-state index in [1.54, 1.807) is 0 Å². The van der Waals surface area contributed by atoms with Crippen LogP contribution in [0.3, 0.4) is 0 Å². The molecule has 104 valence electrons. The van der Waals surface area contributed by atoms with Crippen LogP contribution in [0.25, 0.3) is 0 Å². The zero-order valence-electron chi connectivity index (χ0n) is 12.3. The van der Waals surface area contributed by atoms with Crippen LogP contribution in [0.5, 0.6) is 0 Å². The molecule has 1 nitrogen and oxygen atoms in total. The minimum Gasteiger partial charge on any atom is -0.307 e. The van der Waals surface area contributed by atoms with Gasteiger partial charge in [0, 0.05) is 12.1 Å². The first-order valence-electron chi connectivity index (χ1n) is 7.61. The number of benzene rings is 2. The van der Waals surface area contributed by atoms with Gasteiger partial charge in [-0.25, -0.2) is 0 Å². The maximum absolute atomic E-state index is 3.83. The van der Waals surface area contributed by atoms with E-state index in [1.807, 2.05) is 0 Å². The Bertz CT molecular complexity index is 483. The fraction of sp³-hybridized carbons (Fsp3) is 0.368. The fourth-order valence-electron chi connectivity index (χ4n) is 3.51. The quantitative estimate of drug-likeness (QED) is 0.841. The smallest absolute Gasteiger partial charge is 0.0348 e. The van der Waals surface area contributed by atoms with Gasteiger partial charge >= 0.3 is 0 Å². The van der Waals surface area contributed by atoms with Crippen molar-refractivity contribution in [1.29, 1.82) is 0 Å². The summed E-state index contributed by atoms with van der Waals surface area (Å²) < 4.78 is 0. The second-order valence-electron chi connectivity index (χ2n) is 6.07. The molecule has 1 heterocycles. The summed E-state index contributed by atoms with van der Waals surface area (Å²) >= 11 is 0. The molecule has 1 aliphatic rings. The van der Waals surface area contributed by atoms with Gasteiger partial charge < -0.3 is 5.32 Å². The largest absolute Gasteiger partial charge is 0.307 e. The van der Waals surface area contributed by atoms with Crippen LogP contribution in [0.1, 0.15) is 43.4 Å². The van der Waals surface area contributed by atoms with Crippen LogP contribution in [0.15, 0.2) is 60.7 Å². The Morgan fingerprint density at radius 2 is 1.35 bits per heavy atom. The van der Waals surface area contributed by atoms with E-state index in [1.165, 1.54) is 17.5 Å². The van der Waals surface area contributed by atoms with Gasteiger partial charge in [0.15, 0.2) is 0 Å². The Labute approximate surface area is 122 Å². The highest BCUT2D eigenvalue weighted by Crippen LogP contribution is 2.38.